The van der Waals surface area contributed by atoms with Crippen LogP contribution in [0.15, 0.2) is 42.5 Å². The van der Waals surface area contributed by atoms with Crippen LogP contribution in [0.5, 0.6) is 5.75 Å². The number of hydrogen-bond donors (Lipinski definition) is 3. The number of nitrogens with one attached hydrogen (secondary N) is 3. The van der Waals surface area contributed by atoms with Crippen molar-refractivity contribution in [2.24, 2.45) is 5.92 Å². The smallest absolute Gasteiger partial charge is 0.325 e. The maximum atomic E-state index is 13.1. The van der Waals surface area contributed by atoms with Gasteiger partial charge in [0.25, 0.3) is 11.8 Å². The second-order valence-electron chi connectivity index (χ2n) is 10.2. The van der Waals surface area contributed by atoms with Gasteiger partial charge in [-0.05, 0) is 69.0 Å². The fourth-order valence-electron chi connectivity index (χ4n) is 4.49. The number of ether oxygens (including phenoxy) is 2. The maximum absolute atomic E-state index is 13.1. The summed E-state index contributed by atoms with van der Waals surface area (Å²) in [7, 11) is 0. The summed E-state index contributed by atoms with van der Waals surface area (Å²) in [6.45, 7) is 7.01. The van der Waals surface area contributed by atoms with Gasteiger partial charge in [-0.2, -0.15) is 0 Å². The van der Waals surface area contributed by atoms with Gasteiger partial charge in [0, 0.05) is 12.1 Å². The number of aromatic nitrogens is 1. The molecular formula is C28H35N5O6. The zero-order chi connectivity index (χ0) is 28.1. The SMILES string of the molecule is CC(C)C1NC(=O)COc2ccc(cc2)-c2cccc(n2)[C@@H](C)OC(=O)[C@@H]2CCCN(N2)C(=O)[C@H](C)NC1=O. The summed E-state index contributed by atoms with van der Waals surface area (Å²) in [6, 6.07) is 10.1. The van der Waals surface area contributed by atoms with Gasteiger partial charge in [-0.15, -0.1) is 0 Å². The van der Waals surface area contributed by atoms with E-state index in [0.29, 0.717) is 36.5 Å². The molecule has 39 heavy (non-hydrogen) atoms. The lowest BCUT2D eigenvalue weighted by molar-refractivity contribution is -0.157. The number of nitrogens with zero attached hydrogens (tertiary/aromatic N) is 2. The van der Waals surface area contributed by atoms with E-state index in [1.807, 2.05) is 24.3 Å². The third kappa shape index (κ3) is 6.91. The molecule has 1 aromatic heterocycles. The maximum Gasteiger partial charge on any atom is 0.325 e. The molecule has 11 nitrogen and oxygen atoms in total. The molecule has 0 saturated carbocycles. The van der Waals surface area contributed by atoms with Gasteiger partial charge in [0.2, 0.25) is 5.91 Å². The standard InChI is InChI=1S/C28H35N5O6/c1-16(2)25-26(35)29-17(3)27(36)33-14-6-9-23(32-33)28(37)39-18(4)21-7-5-8-22(30-21)19-10-12-20(13-11-19)38-15-24(34)31-25/h5,7-8,10-13,16-18,23,25,32H,6,9,14-15H2,1-4H3,(H,29,35)(H,31,34)/t17-,18+,23-,25?/m0/s1. The third-order valence-electron chi connectivity index (χ3n) is 6.73. The number of pyridine rings is 1. The lowest BCUT2D eigenvalue weighted by Gasteiger charge is -2.35. The number of carbonyl (C=O) groups is 4. The van der Waals surface area contributed by atoms with Crippen LogP contribution >= 0.6 is 0 Å². The first-order valence-corrected chi connectivity index (χ1v) is 13.2. The summed E-state index contributed by atoms with van der Waals surface area (Å²) >= 11 is 0. The van der Waals surface area contributed by atoms with Crippen LogP contribution in [-0.4, -0.2) is 65.0 Å². The molecule has 1 saturated heterocycles. The monoisotopic (exact) mass is 537 g/mol. The second-order valence-corrected chi connectivity index (χ2v) is 10.2. The van der Waals surface area contributed by atoms with Gasteiger partial charge in [0.15, 0.2) is 6.61 Å². The van der Waals surface area contributed by atoms with E-state index in [1.165, 1.54) is 5.01 Å². The molecule has 6 bridgehead atoms. The van der Waals surface area contributed by atoms with Gasteiger partial charge in [-0.25, -0.2) is 10.4 Å². The number of benzene rings is 1. The van der Waals surface area contributed by atoms with Gasteiger partial charge in [0.05, 0.1) is 11.4 Å². The Morgan fingerprint density at radius 1 is 1.00 bits per heavy atom. The lowest BCUT2D eigenvalue weighted by atomic mass is 10.0. The van der Waals surface area contributed by atoms with Crippen molar-refractivity contribution in [1.29, 1.82) is 0 Å². The number of hydrazine groups is 1. The first-order valence-electron chi connectivity index (χ1n) is 13.2. The molecule has 4 atom stereocenters. The molecule has 1 aromatic carbocycles. The molecule has 1 unspecified atom stereocenters. The Morgan fingerprint density at radius 2 is 1.74 bits per heavy atom. The zero-order valence-electron chi connectivity index (χ0n) is 22.6. The van der Waals surface area contributed by atoms with Crippen LogP contribution < -0.4 is 20.8 Å². The van der Waals surface area contributed by atoms with Gasteiger partial charge < -0.3 is 20.1 Å². The van der Waals surface area contributed by atoms with Crippen molar-refractivity contribution < 1.29 is 28.7 Å². The first-order chi connectivity index (χ1) is 18.6. The molecule has 208 valence electrons. The van der Waals surface area contributed by atoms with Gasteiger partial charge in [-0.3, -0.25) is 24.2 Å². The van der Waals surface area contributed by atoms with Crippen molar-refractivity contribution in [3.63, 3.8) is 0 Å². The lowest BCUT2D eigenvalue weighted by Crippen LogP contribution is -2.61. The molecule has 11 heteroatoms. The first kappa shape index (κ1) is 28.0. The minimum atomic E-state index is -0.892. The molecule has 3 amide bonds. The highest BCUT2D eigenvalue weighted by molar-refractivity contribution is 5.92. The fourth-order valence-corrected chi connectivity index (χ4v) is 4.49. The average Bonchev–Trinajstić information content (AvgIpc) is 2.94. The van der Waals surface area contributed by atoms with Crippen LogP contribution in [0.25, 0.3) is 11.3 Å². The van der Waals surface area contributed by atoms with Crippen molar-refractivity contribution in [3.05, 3.63) is 48.2 Å². The predicted octanol–water partition coefficient (Wildman–Crippen LogP) is 1.89. The Bertz CT molecular complexity index is 1220. The highest BCUT2D eigenvalue weighted by Gasteiger charge is 2.34. The molecule has 0 radical (unpaired) electrons. The van der Waals surface area contributed by atoms with Gasteiger partial charge in [-0.1, -0.05) is 19.9 Å². The van der Waals surface area contributed by atoms with Crippen LogP contribution in [0, 0.1) is 5.92 Å². The van der Waals surface area contributed by atoms with Crippen molar-refractivity contribution in [2.45, 2.75) is 64.8 Å². The summed E-state index contributed by atoms with van der Waals surface area (Å²) in [4.78, 5) is 56.4. The van der Waals surface area contributed by atoms with Crippen molar-refractivity contribution in [3.8, 4) is 17.0 Å². The van der Waals surface area contributed by atoms with E-state index in [4.69, 9.17) is 9.47 Å². The fraction of sp³-hybridized carbons (Fsp3) is 0.464. The van der Waals surface area contributed by atoms with Gasteiger partial charge >= 0.3 is 5.97 Å². The number of rotatable bonds is 1. The summed E-state index contributed by atoms with van der Waals surface area (Å²) < 4.78 is 11.3. The van der Waals surface area contributed by atoms with E-state index in [0.717, 1.165) is 5.56 Å². The number of amides is 3. The molecule has 3 aliphatic heterocycles. The van der Waals surface area contributed by atoms with E-state index < -0.39 is 47.9 Å². The van der Waals surface area contributed by atoms with Crippen LogP contribution in [0.1, 0.15) is 52.3 Å². The molecule has 0 aliphatic carbocycles. The average molecular weight is 538 g/mol. The molecule has 3 aliphatic rings. The van der Waals surface area contributed by atoms with E-state index in [1.54, 1.807) is 45.9 Å². The molecule has 5 rings (SSSR count). The minimum Gasteiger partial charge on any atom is -0.484 e. The Hall–Kier alpha value is -3.99. The number of esters is 1. The number of carbonyl (C=O) groups excluding carboxylic acids is 4. The zero-order valence-corrected chi connectivity index (χ0v) is 22.6. The van der Waals surface area contributed by atoms with Gasteiger partial charge in [0.1, 0.15) is 30.0 Å². The Morgan fingerprint density at radius 3 is 2.46 bits per heavy atom. The highest BCUT2D eigenvalue weighted by atomic mass is 16.5. The predicted molar refractivity (Wildman–Crippen MR) is 142 cm³/mol. The van der Waals surface area contributed by atoms with Crippen molar-refractivity contribution >= 4 is 23.7 Å². The molecule has 2 aromatic rings. The van der Waals surface area contributed by atoms with E-state index >= 15 is 0 Å². The van der Waals surface area contributed by atoms with E-state index in [-0.39, 0.29) is 12.5 Å². The summed E-state index contributed by atoms with van der Waals surface area (Å²) in [6.07, 6.45) is 0.469. The van der Waals surface area contributed by atoms with E-state index in [2.05, 4.69) is 21.0 Å². The largest absolute Gasteiger partial charge is 0.484 e. The Balaban J connectivity index is 1.61. The van der Waals surface area contributed by atoms with Crippen LogP contribution in [0.3, 0.4) is 0 Å². The molecule has 1 fully saturated rings. The van der Waals surface area contributed by atoms with Crippen molar-refractivity contribution in [2.75, 3.05) is 13.2 Å². The third-order valence-corrected chi connectivity index (χ3v) is 6.73. The molecule has 4 heterocycles. The highest BCUT2D eigenvalue weighted by Crippen LogP contribution is 2.24. The van der Waals surface area contributed by atoms with Crippen LogP contribution in [-0.2, 0) is 23.9 Å². The molecule has 0 spiro atoms. The number of hydrogen-bond acceptors (Lipinski definition) is 8. The second kappa shape index (κ2) is 12.2. The summed E-state index contributed by atoms with van der Waals surface area (Å²) in [5.74, 6) is -1.59. The molecular weight excluding hydrogens is 502 g/mol. The normalized spacial score (nSPS) is 25.1. The summed E-state index contributed by atoms with van der Waals surface area (Å²) in [5.41, 5.74) is 5.05. The number of fused-ring (bicyclic) bond motifs is 12. The van der Waals surface area contributed by atoms with Crippen LogP contribution in [0.4, 0.5) is 0 Å². The van der Waals surface area contributed by atoms with Crippen LogP contribution in [0.2, 0.25) is 0 Å². The Kier molecular flexibility index (Phi) is 8.80. The van der Waals surface area contributed by atoms with Crippen molar-refractivity contribution in [1.82, 2.24) is 26.1 Å². The quantitative estimate of drug-likeness (QED) is 0.370. The summed E-state index contributed by atoms with van der Waals surface area (Å²) in [5, 5.41) is 6.73. The minimum absolute atomic E-state index is 0.237. The Labute approximate surface area is 227 Å². The molecule has 3 N–H and O–H groups in total. The van der Waals surface area contributed by atoms with E-state index in [9.17, 15) is 19.2 Å². The topological polar surface area (TPSA) is 139 Å².